The summed E-state index contributed by atoms with van der Waals surface area (Å²) in [5.74, 6) is 0.0122. The van der Waals surface area contributed by atoms with Crippen molar-refractivity contribution in [2.45, 2.75) is 40.2 Å². The normalized spacial score (nSPS) is 17.0. The van der Waals surface area contributed by atoms with E-state index in [1.165, 1.54) is 6.08 Å². The molecule has 0 atom stereocenters. The lowest BCUT2D eigenvalue weighted by atomic mass is 9.93. The summed E-state index contributed by atoms with van der Waals surface area (Å²) in [4.78, 5) is 28.0. The zero-order valence-electron chi connectivity index (χ0n) is 14.2. The molecule has 0 spiro atoms. The first-order valence-electron chi connectivity index (χ1n) is 7.53. The maximum Gasteiger partial charge on any atom is 0.331 e. The number of carbonyl (C=O) groups excluding carboxylic acids is 2. The van der Waals surface area contributed by atoms with Gasteiger partial charge in [0.1, 0.15) is 5.60 Å². The van der Waals surface area contributed by atoms with Gasteiger partial charge >= 0.3 is 5.97 Å². The molecule has 0 saturated heterocycles. The van der Waals surface area contributed by atoms with Crippen LogP contribution >= 0.6 is 0 Å². The molecule has 128 valence electrons. The molecule has 0 unspecified atom stereocenters. The van der Waals surface area contributed by atoms with Crippen LogP contribution in [0.4, 0.5) is 11.5 Å². The fourth-order valence-electron chi connectivity index (χ4n) is 1.98. The van der Waals surface area contributed by atoms with E-state index in [-0.39, 0.29) is 8.76 Å². The van der Waals surface area contributed by atoms with Gasteiger partial charge in [-0.25, -0.2) is 9.78 Å². The SMILES string of the molecule is CC(C)(C)OC(=O)/C=C/c1cnc2c(c1)NCC(C)(C)C(=O)N2.[HH].[HH]. The van der Waals surface area contributed by atoms with E-state index in [4.69, 9.17) is 4.74 Å². The van der Waals surface area contributed by atoms with Gasteiger partial charge in [0.2, 0.25) is 5.91 Å². The molecule has 0 radical (unpaired) electrons. The summed E-state index contributed by atoms with van der Waals surface area (Å²) in [6.07, 6.45) is 4.61. The molecule has 0 aromatic carbocycles. The number of nitrogens with zero attached hydrogens (tertiary/aromatic N) is 1. The van der Waals surface area contributed by atoms with Crippen molar-refractivity contribution < 1.29 is 17.2 Å². The highest BCUT2D eigenvalue weighted by Gasteiger charge is 2.31. The Morgan fingerprint density at radius 3 is 2.78 bits per heavy atom. The molecule has 0 bridgehead atoms. The molecule has 0 saturated carbocycles. The van der Waals surface area contributed by atoms with E-state index < -0.39 is 17.0 Å². The van der Waals surface area contributed by atoms with E-state index in [9.17, 15) is 9.59 Å². The van der Waals surface area contributed by atoms with Crippen molar-refractivity contribution in [2.24, 2.45) is 5.41 Å². The molecule has 6 heteroatoms. The number of rotatable bonds is 2. The van der Waals surface area contributed by atoms with E-state index >= 15 is 0 Å². The number of pyridine rings is 1. The van der Waals surface area contributed by atoms with Gasteiger partial charge in [-0.05, 0) is 52.3 Å². The van der Waals surface area contributed by atoms with Crippen LogP contribution in [-0.2, 0) is 14.3 Å². The first kappa shape index (κ1) is 17.0. The number of nitrogens with one attached hydrogen (secondary N) is 2. The Balaban J connectivity index is 0.00000288. The van der Waals surface area contributed by atoms with Crippen LogP contribution in [0.2, 0.25) is 0 Å². The van der Waals surface area contributed by atoms with E-state index in [0.29, 0.717) is 12.4 Å². The lowest BCUT2D eigenvalue weighted by molar-refractivity contribution is -0.148. The average Bonchev–Trinajstić information content (AvgIpc) is 2.52. The molecular formula is C17H27N3O3. The monoisotopic (exact) mass is 321 g/mol. The zero-order chi connectivity index (χ0) is 17.3. The van der Waals surface area contributed by atoms with Gasteiger partial charge in [-0.1, -0.05) is 0 Å². The van der Waals surface area contributed by atoms with Crippen LogP contribution in [0.1, 0.15) is 43.0 Å². The lowest BCUT2D eigenvalue weighted by Gasteiger charge is -2.19. The van der Waals surface area contributed by atoms with Crippen molar-refractivity contribution in [3.05, 3.63) is 23.9 Å². The number of aromatic nitrogens is 1. The molecule has 2 N–H and O–H groups in total. The Morgan fingerprint density at radius 1 is 1.43 bits per heavy atom. The number of fused-ring (bicyclic) bond motifs is 1. The van der Waals surface area contributed by atoms with Crippen LogP contribution in [0.3, 0.4) is 0 Å². The number of anilines is 2. The van der Waals surface area contributed by atoms with Crippen molar-refractivity contribution in [2.75, 3.05) is 17.2 Å². The van der Waals surface area contributed by atoms with E-state index in [2.05, 4.69) is 15.6 Å². The number of esters is 1. The van der Waals surface area contributed by atoms with Crippen LogP contribution in [0.25, 0.3) is 6.08 Å². The minimum atomic E-state index is -0.523. The maximum absolute atomic E-state index is 12.1. The third kappa shape index (κ3) is 4.55. The maximum atomic E-state index is 12.1. The van der Waals surface area contributed by atoms with Crippen molar-refractivity contribution in [1.29, 1.82) is 0 Å². The molecule has 1 aliphatic rings. The van der Waals surface area contributed by atoms with Crippen LogP contribution in [0.5, 0.6) is 0 Å². The predicted molar refractivity (Wildman–Crippen MR) is 94.2 cm³/mol. The fraction of sp³-hybridized carbons (Fsp3) is 0.471. The van der Waals surface area contributed by atoms with E-state index in [1.807, 2.05) is 40.7 Å². The summed E-state index contributed by atoms with van der Waals surface area (Å²) in [6.45, 7) is 9.69. The van der Waals surface area contributed by atoms with Crippen LogP contribution < -0.4 is 10.6 Å². The van der Waals surface area contributed by atoms with Gasteiger partial charge in [0, 0.05) is 21.7 Å². The summed E-state index contributed by atoms with van der Waals surface area (Å²) in [6, 6.07) is 1.84. The van der Waals surface area contributed by atoms with Gasteiger partial charge < -0.3 is 15.4 Å². The first-order chi connectivity index (χ1) is 10.6. The lowest BCUT2D eigenvalue weighted by Crippen LogP contribution is -2.34. The van der Waals surface area contributed by atoms with E-state index in [1.54, 1.807) is 12.3 Å². The number of amides is 1. The zero-order valence-corrected chi connectivity index (χ0v) is 14.2. The molecule has 2 rings (SSSR count). The Morgan fingerprint density at radius 2 is 2.13 bits per heavy atom. The second kappa shape index (κ2) is 6.02. The Bertz CT molecular complexity index is 668. The molecule has 1 aromatic rings. The highest BCUT2D eigenvalue weighted by atomic mass is 16.6. The Kier molecular flexibility index (Phi) is 4.45. The molecule has 1 aromatic heterocycles. The summed E-state index contributed by atoms with van der Waals surface area (Å²) < 4.78 is 5.21. The topological polar surface area (TPSA) is 80.3 Å². The standard InChI is InChI=1S/C17H23N3O3.2H2/c1-16(2,3)23-13(21)7-6-11-8-12-14(18-9-11)20-15(22)17(4,5)10-19-12;;/h6-9,19H,10H2,1-5H3,(H,18,20,22);2*1H/b7-6+;;. The average molecular weight is 321 g/mol. The second-order valence-corrected chi connectivity index (χ2v) is 7.22. The molecule has 6 nitrogen and oxygen atoms in total. The highest BCUT2D eigenvalue weighted by Crippen LogP contribution is 2.29. The third-order valence-electron chi connectivity index (χ3n) is 3.29. The van der Waals surface area contributed by atoms with Crippen molar-refractivity contribution in [1.82, 2.24) is 4.98 Å². The molecule has 1 aliphatic heterocycles. The molecule has 1 amide bonds. The van der Waals surface area contributed by atoms with Crippen molar-refractivity contribution in [3.8, 4) is 0 Å². The summed E-state index contributed by atoms with van der Waals surface area (Å²) in [5, 5.41) is 6.02. The van der Waals surface area contributed by atoms with Gasteiger partial charge in [0.15, 0.2) is 5.82 Å². The Labute approximate surface area is 139 Å². The minimum absolute atomic E-state index is 0. The molecule has 0 aliphatic carbocycles. The number of ether oxygens (including phenoxy) is 1. The van der Waals surface area contributed by atoms with E-state index in [0.717, 1.165) is 11.3 Å². The third-order valence-corrected chi connectivity index (χ3v) is 3.29. The van der Waals surface area contributed by atoms with Gasteiger partial charge in [-0.2, -0.15) is 0 Å². The summed E-state index contributed by atoms with van der Waals surface area (Å²) in [7, 11) is 0. The van der Waals surface area contributed by atoms with Gasteiger partial charge in [-0.3, -0.25) is 4.79 Å². The second-order valence-electron chi connectivity index (χ2n) is 7.22. The molecular weight excluding hydrogens is 294 g/mol. The fourth-order valence-corrected chi connectivity index (χ4v) is 1.98. The highest BCUT2D eigenvalue weighted by molar-refractivity contribution is 5.98. The minimum Gasteiger partial charge on any atom is -0.457 e. The van der Waals surface area contributed by atoms with Crippen LogP contribution in [-0.4, -0.2) is 29.0 Å². The molecule has 2 heterocycles. The predicted octanol–water partition coefficient (Wildman–Crippen LogP) is 3.32. The summed E-state index contributed by atoms with van der Waals surface area (Å²) in [5.41, 5.74) is 0.435. The quantitative estimate of drug-likeness (QED) is 0.645. The molecule has 0 fully saturated rings. The van der Waals surface area contributed by atoms with Gasteiger partial charge in [0.25, 0.3) is 0 Å². The van der Waals surface area contributed by atoms with Gasteiger partial charge in [0.05, 0.1) is 11.1 Å². The number of hydrogen-bond acceptors (Lipinski definition) is 5. The largest absolute Gasteiger partial charge is 0.457 e. The smallest absolute Gasteiger partial charge is 0.331 e. The number of carbonyl (C=O) groups is 2. The van der Waals surface area contributed by atoms with Gasteiger partial charge in [-0.15, -0.1) is 0 Å². The van der Waals surface area contributed by atoms with Crippen LogP contribution in [0, 0.1) is 5.41 Å². The van der Waals surface area contributed by atoms with Crippen molar-refractivity contribution >= 4 is 29.5 Å². The van der Waals surface area contributed by atoms with Crippen molar-refractivity contribution in [3.63, 3.8) is 0 Å². The Hall–Kier alpha value is -2.37. The molecule has 23 heavy (non-hydrogen) atoms. The first-order valence-corrected chi connectivity index (χ1v) is 7.53. The number of hydrogen-bond donors (Lipinski definition) is 2. The van der Waals surface area contributed by atoms with Crippen LogP contribution in [0.15, 0.2) is 18.3 Å². The summed E-state index contributed by atoms with van der Waals surface area (Å²) >= 11 is 0.